The summed E-state index contributed by atoms with van der Waals surface area (Å²) in [7, 11) is -3.04. The summed E-state index contributed by atoms with van der Waals surface area (Å²) < 4.78 is 22.9. The van der Waals surface area contributed by atoms with E-state index in [9.17, 15) is 18.0 Å². The van der Waals surface area contributed by atoms with E-state index in [0.29, 0.717) is 24.1 Å². The maximum atomic E-state index is 12.2. The molecule has 1 saturated heterocycles. The summed E-state index contributed by atoms with van der Waals surface area (Å²) >= 11 is 0. The minimum atomic E-state index is -3.04. The first-order valence-electron chi connectivity index (χ1n) is 8.86. The third-order valence-corrected chi connectivity index (χ3v) is 6.29. The normalized spacial score (nSPS) is 18.0. The van der Waals surface area contributed by atoms with Gasteiger partial charge in [-0.05, 0) is 42.7 Å². The molecule has 1 heterocycles. The van der Waals surface area contributed by atoms with Gasteiger partial charge in [0, 0.05) is 23.7 Å². The van der Waals surface area contributed by atoms with E-state index in [1.54, 1.807) is 24.3 Å². The zero-order valence-corrected chi connectivity index (χ0v) is 15.7. The van der Waals surface area contributed by atoms with E-state index in [4.69, 9.17) is 0 Å². The van der Waals surface area contributed by atoms with Crippen molar-refractivity contribution in [1.82, 2.24) is 10.6 Å². The number of hydrogen-bond donors (Lipinski definition) is 2. The summed E-state index contributed by atoms with van der Waals surface area (Å²) in [5, 5.41) is 5.59. The summed E-state index contributed by atoms with van der Waals surface area (Å²) in [5.74, 6) is -0.423. The van der Waals surface area contributed by atoms with Crippen molar-refractivity contribution in [3.8, 4) is 0 Å². The van der Waals surface area contributed by atoms with Crippen molar-refractivity contribution in [2.75, 3.05) is 18.1 Å². The molecule has 0 aliphatic carbocycles. The van der Waals surface area contributed by atoms with E-state index in [1.807, 2.05) is 30.3 Å². The molecule has 2 aromatic rings. The number of carbonyl (C=O) groups excluding carboxylic acids is 2. The molecule has 2 amide bonds. The molecule has 1 aliphatic rings. The third-order valence-electron chi connectivity index (χ3n) is 4.52. The van der Waals surface area contributed by atoms with Gasteiger partial charge in [-0.25, -0.2) is 8.42 Å². The van der Waals surface area contributed by atoms with E-state index < -0.39 is 9.84 Å². The smallest absolute Gasteiger partial charge is 0.251 e. The lowest BCUT2D eigenvalue weighted by atomic mass is 10.1. The van der Waals surface area contributed by atoms with E-state index in [-0.39, 0.29) is 29.4 Å². The average molecular weight is 386 g/mol. The molecule has 27 heavy (non-hydrogen) atoms. The third kappa shape index (κ3) is 5.40. The molecule has 142 valence electrons. The first-order valence-corrected chi connectivity index (χ1v) is 10.7. The van der Waals surface area contributed by atoms with Gasteiger partial charge in [-0.2, -0.15) is 0 Å². The Morgan fingerprint density at radius 1 is 0.926 bits per heavy atom. The highest BCUT2D eigenvalue weighted by atomic mass is 32.2. The van der Waals surface area contributed by atoms with E-state index >= 15 is 0 Å². The topological polar surface area (TPSA) is 92.3 Å². The molecule has 7 heteroatoms. The Hall–Kier alpha value is -2.67. The number of carbonyl (C=O) groups is 2. The van der Waals surface area contributed by atoms with Gasteiger partial charge in [-0.3, -0.25) is 9.59 Å². The molecule has 0 saturated carbocycles. The van der Waals surface area contributed by atoms with Crippen LogP contribution in [0.15, 0.2) is 54.6 Å². The second-order valence-electron chi connectivity index (χ2n) is 6.64. The molecule has 1 unspecified atom stereocenters. The molecule has 2 aromatic carbocycles. The summed E-state index contributed by atoms with van der Waals surface area (Å²) in [6, 6.07) is 15.9. The van der Waals surface area contributed by atoms with E-state index in [0.717, 1.165) is 12.0 Å². The molecule has 0 spiro atoms. The molecule has 1 atom stereocenters. The molecular formula is C20H22N2O4S. The lowest BCUT2D eigenvalue weighted by molar-refractivity contribution is 0.0934. The van der Waals surface area contributed by atoms with Gasteiger partial charge in [-0.15, -0.1) is 0 Å². The summed E-state index contributed by atoms with van der Waals surface area (Å²) in [6.07, 6.45) is 1.19. The molecule has 0 bridgehead atoms. The number of benzene rings is 2. The van der Waals surface area contributed by atoms with Crippen LogP contribution in [0.2, 0.25) is 0 Å². The van der Waals surface area contributed by atoms with E-state index in [1.165, 1.54) is 0 Å². The SMILES string of the molecule is O=C(NCCc1ccccc1)c1ccc(C(=O)NC2CCS(=O)(=O)C2)cc1. The number of hydrogen-bond acceptors (Lipinski definition) is 4. The molecule has 0 radical (unpaired) electrons. The van der Waals surface area contributed by atoms with Crippen LogP contribution in [0.5, 0.6) is 0 Å². The van der Waals surface area contributed by atoms with Gasteiger partial charge in [0.2, 0.25) is 0 Å². The van der Waals surface area contributed by atoms with Crippen molar-refractivity contribution >= 4 is 21.7 Å². The fourth-order valence-corrected chi connectivity index (χ4v) is 4.69. The summed E-state index contributed by atoms with van der Waals surface area (Å²) in [5.41, 5.74) is 2.03. The number of rotatable bonds is 6. The molecule has 3 rings (SSSR count). The second-order valence-corrected chi connectivity index (χ2v) is 8.87. The Morgan fingerprint density at radius 3 is 2.15 bits per heavy atom. The monoisotopic (exact) mass is 386 g/mol. The predicted molar refractivity (Wildman–Crippen MR) is 103 cm³/mol. The van der Waals surface area contributed by atoms with Gasteiger partial charge in [0.1, 0.15) is 0 Å². The maximum Gasteiger partial charge on any atom is 0.251 e. The average Bonchev–Trinajstić information content (AvgIpc) is 3.01. The minimum Gasteiger partial charge on any atom is -0.352 e. The van der Waals surface area contributed by atoms with Crippen LogP contribution >= 0.6 is 0 Å². The van der Waals surface area contributed by atoms with E-state index in [2.05, 4.69) is 10.6 Å². The molecule has 1 aliphatic heterocycles. The van der Waals surface area contributed by atoms with Crippen molar-refractivity contribution in [1.29, 1.82) is 0 Å². The van der Waals surface area contributed by atoms with Crippen molar-refractivity contribution < 1.29 is 18.0 Å². The Balaban J connectivity index is 1.50. The van der Waals surface area contributed by atoms with Crippen LogP contribution in [0, 0.1) is 0 Å². The van der Waals surface area contributed by atoms with Gasteiger partial charge >= 0.3 is 0 Å². The van der Waals surface area contributed by atoms with Gasteiger partial charge in [0.15, 0.2) is 9.84 Å². The lowest BCUT2D eigenvalue weighted by Crippen LogP contribution is -2.35. The van der Waals surface area contributed by atoms with Crippen LogP contribution in [0.25, 0.3) is 0 Å². The second kappa shape index (κ2) is 8.35. The van der Waals surface area contributed by atoms with Gasteiger partial charge in [0.25, 0.3) is 11.8 Å². The van der Waals surface area contributed by atoms with Crippen molar-refractivity contribution in [2.45, 2.75) is 18.9 Å². The minimum absolute atomic E-state index is 0.0133. The molecule has 0 aromatic heterocycles. The number of sulfone groups is 1. The Labute approximate surface area is 158 Å². The first-order chi connectivity index (χ1) is 12.9. The predicted octanol–water partition coefficient (Wildman–Crippen LogP) is 1.58. The fraction of sp³-hybridized carbons (Fsp3) is 0.300. The zero-order valence-electron chi connectivity index (χ0n) is 14.9. The van der Waals surface area contributed by atoms with Crippen molar-refractivity contribution in [3.63, 3.8) is 0 Å². The Morgan fingerprint density at radius 2 is 1.56 bits per heavy atom. The highest BCUT2D eigenvalue weighted by Crippen LogP contribution is 2.12. The Kier molecular flexibility index (Phi) is 5.91. The van der Waals surface area contributed by atoms with Crippen molar-refractivity contribution in [3.05, 3.63) is 71.3 Å². The van der Waals surface area contributed by atoms with Crippen LogP contribution in [-0.2, 0) is 16.3 Å². The lowest BCUT2D eigenvalue weighted by Gasteiger charge is -2.11. The van der Waals surface area contributed by atoms with Crippen molar-refractivity contribution in [2.24, 2.45) is 0 Å². The van der Waals surface area contributed by atoms with Crippen LogP contribution in [0.4, 0.5) is 0 Å². The molecular weight excluding hydrogens is 364 g/mol. The molecule has 2 N–H and O–H groups in total. The van der Waals surface area contributed by atoms with Crippen LogP contribution in [0.1, 0.15) is 32.7 Å². The van der Waals surface area contributed by atoms with Crippen LogP contribution < -0.4 is 10.6 Å². The molecule has 1 fully saturated rings. The maximum absolute atomic E-state index is 12.2. The number of amides is 2. The summed E-state index contributed by atoms with van der Waals surface area (Å²) in [4.78, 5) is 24.4. The Bertz CT molecular complexity index is 909. The first kappa shape index (κ1) is 19.1. The highest BCUT2D eigenvalue weighted by Gasteiger charge is 2.29. The highest BCUT2D eigenvalue weighted by molar-refractivity contribution is 7.91. The van der Waals surface area contributed by atoms with Gasteiger partial charge in [0.05, 0.1) is 11.5 Å². The number of nitrogens with one attached hydrogen (secondary N) is 2. The summed E-state index contributed by atoms with van der Waals surface area (Å²) in [6.45, 7) is 0.529. The van der Waals surface area contributed by atoms with Crippen LogP contribution in [0.3, 0.4) is 0 Å². The quantitative estimate of drug-likeness (QED) is 0.788. The largest absolute Gasteiger partial charge is 0.352 e. The van der Waals surface area contributed by atoms with Gasteiger partial charge in [-0.1, -0.05) is 30.3 Å². The van der Waals surface area contributed by atoms with Gasteiger partial charge < -0.3 is 10.6 Å². The van der Waals surface area contributed by atoms with Crippen LogP contribution in [-0.4, -0.2) is 44.3 Å². The zero-order chi connectivity index (χ0) is 19.3. The fourth-order valence-electron chi connectivity index (χ4n) is 3.02. The standard InChI is InChI=1S/C20H22N2O4S/c23-19(21-12-10-15-4-2-1-3-5-15)16-6-8-17(9-7-16)20(24)22-18-11-13-27(25,26)14-18/h1-9,18H,10-14H2,(H,21,23)(H,22,24). The molecule has 6 nitrogen and oxygen atoms in total.